The minimum Gasteiger partial charge on any atom is -0.508 e. The van der Waals surface area contributed by atoms with Gasteiger partial charge in [-0.2, -0.15) is 13.9 Å². The number of carbonyl (C=O) groups excluding carboxylic acids is 2. The van der Waals surface area contributed by atoms with Crippen LogP contribution in [-0.2, 0) is 32.5 Å². The predicted octanol–water partition coefficient (Wildman–Crippen LogP) is 7.25. The molecule has 1 N–H and O–H groups in total. The summed E-state index contributed by atoms with van der Waals surface area (Å²) >= 11 is 17.6. The summed E-state index contributed by atoms with van der Waals surface area (Å²) < 4.78 is 59.5. The van der Waals surface area contributed by atoms with E-state index in [1.807, 2.05) is 32.0 Å². The van der Waals surface area contributed by atoms with Crippen LogP contribution in [0.1, 0.15) is 25.0 Å². The van der Waals surface area contributed by atoms with E-state index < -0.39 is 36.6 Å². The fourth-order valence-electron chi connectivity index (χ4n) is 3.98. The predicted molar refractivity (Wildman–Crippen MR) is 169 cm³/mol. The summed E-state index contributed by atoms with van der Waals surface area (Å²) in [5.74, 6) is -2.84. The van der Waals surface area contributed by atoms with Crippen LogP contribution in [0, 0.1) is 12.7 Å². The van der Waals surface area contributed by atoms with Crippen molar-refractivity contribution >= 4 is 52.4 Å². The Morgan fingerprint density at radius 2 is 1.89 bits per heavy atom. The lowest BCUT2D eigenvalue weighted by Crippen LogP contribution is -2.35. The average Bonchev–Trinajstić information content (AvgIpc) is 3.29. The number of benzene rings is 2. The number of halogens is 6. The van der Waals surface area contributed by atoms with E-state index >= 15 is 0 Å². The van der Waals surface area contributed by atoms with Crippen LogP contribution in [-0.4, -0.2) is 66.3 Å². The molecule has 0 aliphatic heterocycles. The fourth-order valence-corrected chi connectivity index (χ4v) is 4.64. The number of esters is 1. The molecule has 2 aromatic carbocycles. The lowest BCUT2D eigenvalue weighted by Gasteiger charge is -2.25. The van der Waals surface area contributed by atoms with Crippen molar-refractivity contribution in [3.05, 3.63) is 69.2 Å². The summed E-state index contributed by atoms with van der Waals surface area (Å²) in [7, 11) is 2.41. The first kappa shape index (κ1) is 38.5. The first-order valence-corrected chi connectivity index (χ1v) is 14.9. The molecule has 0 aliphatic carbocycles. The Balaban J connectivity index is 0.000000353. The van der Waals surface area contributed by atoms with Crippen LogP contribution < -0.4 is 14.4 Å². The molecular weight excluding hydrogens is 678 g/mol. The van der Waals surface area contributed by atoms with E-state index in [-0.39, 0.29) is 45.6 Å². The Morgan fingerprint density at radius 1 is 1.20 bits per heavy atom. The Hall–Kier alpha value is -3.65. The van der Waals surface area contributed by atoms with Crippen LogP contribution in [0.5, 0.6) is 11.6 Å². The normalized spacial score (nSPS) is 11.2. The van der Waals surface area contributed by atoms with E-state index in [2.05, 4.69) is 21.5 Å². The number of aliphatic hydroxyl groups is 1. The van der Waals surface area contributed by atoms with Gasteiger partial charge in [0.2, 0.25) is 11.8 Å². The molecule has 1 heterocycles. The fraction of sp³-hybridized carbons (Fsp3) is 0.367. The molecule has 0 radical (unpaired) electrons. The number of hydrogen-bond acceptors (Lipinski definition) is 8. The summed E-state index contributed by atoms with van der Waals surface area (Å²) in [6, 6.07) is 8.04. The van der Waals surface area contributed by atoms with Crippen LogP contribution in [0.25, 0.3) is 11.3 Å². The quantitative estimate of drug-likeness (QED) is 0.0649. The molecule has 0 saturated heterocycles. The van der Waals surface area contributed by atoms with Crippen LogP contribution >= 0.6 is 34.8 Å². The number of amides is 1. The van der Waals surface area contributed by atoms with Crippen molar-refractivity contribution in [1.29, 1.82) is 0 Å². The smallest absolute Gasteiger partial charge is 0.388 e. The molecular formula is C30H33Cl3F3N3O7. The molecule has 0 bridgehead atoms. The number of methoxy groups -OCH3 is 1. The number of para-hydroxylation sites is 1. The van der Waals surface area contributed by atoms with Gasteiger partial charge < -0.3 is 24.1 Å². The second kappa shape index (κ2) is 18.5. The van der Waals surface area contributed by atoms with E-state index in [9.17, 15) is 27.9 Å². The van der Waals surface area contributed by atoms with Gasteiger partial charge in [0.1, 0.15) is 47.3 Å². The molecule has 46 heavy (non-hydrogen) atoms. The van der Waals surface area contributed by atoms with Crippen LogP contribution in [0.2, 0.25) is 10.0 Å². The Bertz CT molecular complexity index is 1540. The van der Waals surface area contributed by atoms with Crippen LogP contribution in [0.15, 0.2) is 42.2 Å². The molecule has 1 aromatic heterocycles. The third-order valence-corrected chi connectivity index (χ3v) is 6.95. The highest BCUT2D eigenvalue weighted by atomic mass is 35.5. The highest BCUT2D eigenvalue weighted by Crippen LogP contribution is 2.40. The van der Waals surface area contributed by atoms with Gasteiger partial charge in [-0.3, -0.25) is 9.69 Å². The van der Waals surface area contributed by atoms with Gasteiger partial charge in [-0.05, 0) is 43.5 Å². The molecule has 0 aliphatic rings. The van der Waals surface area contributed by atoms with Crippen molar-refractivity contribution in [2.24, 2.45) is 7.05 Å². The maximum atomic E-state index is 14.4. The third kappa shape index (κ3) is 10.4. The molecule has 0 atom stereocenters. The van der Waals surface area contributed by atoms with Gasteiger partial charge >= 0.3 is 12.6 Å². The number of hydrogen-bond donors (Lipinski definition) is 1. The minimum atomic E-state index is -3.15. The summed E-state index contributed by atoms with van der Waals surface area (Å²) in [5.41, 5.74) is 2.73. The van der Waals surface area contributed by atoms with Gasteiger partial charge in [0, 0.05) is 19.2 Å². The molecule has 252 valence electrons. The zero-order chi connectivity index (χ0) is 34.6. The molecule has 0 unspecified atom stereocenters. The molecule has 0 fully saturated rings. The summed E-state index contributed by atoms with van der Waals surface area (Å²) in [4.78, 5) is 24.6. The number of aromatic nitrogens is 2. The SMILES string of the molecule is CCOCN(C(=O)CCl)c1c(C)cccc1CC.COC(=O)/C=C(/O)COc1cc(-c2nn(C)c(OC(F)F)c2Cl)c(F)cc1Cl. The molecule has 10 nitrogen and oxygen atoms in total. The first-order valence-electron chi connectivity index (χ1n) is 13.6. The number of nitrogens with zero attached hydrogens (tertiary/aromatic N) is 3. The number of rotatable bonds is 13. The minimum absolute atomic E-state index is 0.0371. The van der Waals surface area contributed by atoms with E-state index in [1.165, 1.54) is 7.05 Å². The van der Waals surface area contributed by atoms with E-state index in [4.69, 9.17) is 44.3 Å². The average molecular weight is 711 g/mol. The van der Waals surface area contributed by atoms with Gasteiger partial charge in [-0.1, -0.05) is 48.3 Å². The standard InChI is InChI=1S/C16H13Cl2F3N2O5.C14H20ClNO2/c1-23-15(28-16(20)21)13(18)14(22-23)8-4-11(9(17)5-10(8)19)27-6-7(24)3-12(25)26-2;1-4-12-8-6-7-11(3)14(12)16(10-18-5-2)13(17)9-15/h3-5,16,24H,6H2,1-2H3;6-8H,4-5,9-10H2,1-3H3/b7-3+;. The van der Waals surface area contributed by atoms with E-state index in [1.54, 1.807) is 4.90 Å². The van der Waals surface area contributed by atoms with Gasteiger partial charge in [0.25, 0.3) is 0 Å². The number of carbonyl (C=O) groups is 2. The second-order valence-corrected chi connectivity index (χ2v) is 10.2. The summed E-state index contributed by atoms with van der Waals surface area (Å²) in [6.07, 6.45) is 1.65. The van der Waals surface area contributed by atoms with Gasteiger partial charge in [0.05, 0.1) is 23.9 Å². The van der Waals surface area contributed by atoms with Crippen molar-refractivity contribution in [2.45, 2.75) is 33.8 Å². The molecule has 0 spiro atoms. The second-order valence-electron chi connectivity index (χ2n) is 9.19. The summed E-state index contributed by atoms with van der Waals surface area (Å²) in [6.45, 7) is 3.16. The van der Waals surface area contributed by atoms with Crippen LogP contribution in [0.3, 0.4) is 0 Å². The highest BCUT2D eigenvalue weighted by Gasteiger charge is 2.24. The van der Waals surface area contributed by atoms with Crippen molar-refractivity contribution in [3.8, 4) is 22.9 Å². The topological polar surface area (TPSA) is 112 Å². The Labute approximate surface area is 279 Å². The molecule has 3 rings (SSSR count). The molecule has 0 saturated carbocycles. The lowest BCUT2D eigenvalue weighted by atomic mass is 10.0. The zero-order valence-corrected chi connectivity index (χ0v) is 27.9. The van der Waals surface area contributed by atoms with Gasteiger partial charge in [-0.25, -0.2) is 13.9 Å². The monoisotopic (exact) mass is 709 g/mol. The maximum absolute atomic E-state index is 14.4. The molecule has 1 amide bonds. The maximum Gasteiger partial charge on any atom is 0.388 e. The van der Waals surface area contributed by atoms with E-state index in [0.717, 1.165) is 53.2 Å². The largest absolute Gasteiger partial charge is 0.508 e. The Morgan fingerprint density at radius 3 is 2.48 bits per heavy atom. The van der Waals surface area contributed by atoms with Gasteiger partial charge in [-0.15, -0.1) is 11.6 Å². The highest BCUT2D eigenvalue weighted by molar-refractivity contribution is 6.34. The van der Waals surface area contributed by atoms with Crippen molar-refractivity contribution in [1.82, 2.24) is 9.78 Å². The molecule has 3 aromatic rings. The Kier molecular flexibility index (Phi) is 15.5. The van der Waals surface area contributed by atoms with Crippen molar-refractivity contribution in [2.75, 3.05) is 37.8 Å². The number of anilines is 1. The lowest BCUT2D eigenvalue weighted by molar-refractivity contribution is -0.135. The zero-order valence-electron chi connectivity index (χ0n) is 25.6. The summed E-state index contributed by atoms with van der Waals surface area (Å²) in [5, 5.41) is 13.0. The number of aliphatic hydroxyl groups excluding tert-OH is 1. The third-order valence-electron chi connectivity index (χ3n) is 6.09. The van der Waals surface area contributed by atoms with E-state index in [0.29, 0.717) is 6.61 Å². The number of aryl methyl sites for hydroxylation is 3. The first-order chi connectivity index (χ1) is 21.8. The number of ether oxygens (including phenoxy) is 4. The number of alkyl halides is 3. The van der Waals surface area contributed by atoms with Crippen molar-refractivity contribution in [3.63, 3.8) is 0 Å². The van der Waals surface area contributed by atoms with Crippen molar-refractivity contribution < 1.29 is 46.8 Å². The van der Waals surface area contributed by atoms with Gasteiger partial charge in [0.15, 0.2) is 0 Å². The van der Waals surface area contributed by atoms with Crippen LogP contribution in [0.4, 0.5) is 18.9 Å². The molecule has 16 heteroatoms.